The maximum Gasteiger partial charge on any atom is 0.152 e. The first kappa shape index (κ1) is 12.3. The van der Waals surface area contributed by atoms with Gasteiger partial charge in [0, 0.05) is 17.8 Å². The SMILES string of the molecule is CCCc1cc(NC2CCS(=O)(=O)C2)ncn1. The topological polar surface area (TPSA) is 72.0 Å². The average molecular weight is 255 g/mol. The molecule has 0 aliphatic carbocycles. The van der Waals surface area contributed by atoms with Gasteiger partial charge >= 0.3 is 0 Å². The van der Waals surface area contributed by atoms with Crippen LogP contribution in [0, 0.1) is 0 Å². The van der Waals surface area contributed by atoms with Crippen molar-refractivity contribution in [2.45, 2.75) is 32.2 Å². The molecular formula is C11H17N3O2S. The maximum absolute atomic E-state index is 11.3. The molecule has 2 heterocycles. The van der Waals surface area contributed by atoms with Crippen molar-refractivity contribution in [1.29, 1.82) is 0 Å². The molecule has 1 aromatic rings. The molecule has 0 spiro atoms. The summed E-state index contributed by atoms with van der Waals surface area (Å²) >= 11 is 0. The smallest absolute Gasteiger partial charge is 0.152 e. The Morgan fingerprint density at radius 2 is 2.29 bits per heavy atom. The molecule has 1 aromatic heterocycles. The molecular weight excluding hydrogens is 238 g/mol. The van der Waals surface area contributed by atoms with Crippen molar-refractivity contribution in [1.82, 2.24) is 9.97 Å². The van der Waals surface area contributed by atoms with Crippen LogP contribution in [-0.2, 0) is 16.3 Å². The average Bonchev–Trinajstić information content (AvgIpc) is 2.59. The Labute approximate surface area is 102 Å². The lowest BCUT2D eigenvalue weighted by molar-refractivity contribution is 0.602. The number of hydrogen-bond acceptors (Lipinski definition) is 5. The van der Waals surface area contributed by atoms with Gasteiger partial charge in [-0.3, -0.25) is 0 Å². The number of aromatic nitrogens is 2. The standard InChI is InChI=1S/C11H17N3O2S/c1-2-3-9-6-11(13-8-12-9)14-10-4-5-17(15,16)7-10/h6,8,10H,2-5,7H2,1H3,(H,12,13,14). The summed E-state index contributed by atoms with van der Waals surface area (Å²) in [6, 6.07) is 1.89. The van der Waals surface area contributed by atoms with Gasteiger partial charge in [-0.2, -0.15) is 0 Å². The lowest BCUT2D eigenvalue weighted by atomic mass is 10.2. The fourth-order valence-corrected chi connectivity index (χ4v) is 3.66. The van der Waals surface area contributed by atoms with E-state index in [1.165, 1.54) is 6.33 Å². The summed E-state index contributed by atoms with van der Waals surface area (Å²) in [6.45, 7) is 2.10. The Morgan fingerprint density at radius 1 is 1.47 bits per heavy atom. The van der Waals surface area contributed by atoms with Crippen LogP contribution in [0.15, 0.2) is 12.4 Å². The third kappa shape index (κ3) is 3.39. The van der Waals surface area contributed by atoms with Gasteiger partial charge in [0.15, 0.2) is 9.84 Å². The Morgan fingerprint density at radius 3 is 2.94 bits per heavy atom. The van der Waals surface area contributed by atoms with Crippen molar-refractivity contribution in [3.8, 4) is 0 Å². The molecule has 1 fully saturated rings. The summed E-state index contributed by atoms with van der Waals surface area (Å²) in [5.41, 5.74) is 0.992. The predicted octanol–water partition coefficient (Wildman–Crippen LogP) is 1.03. The van der Waals surface area contributed by atoms with Crippen molar-refractivity contribution in [3.05, 3.63) is 18.1 Å². The molecule has 1 unspecified atom stereocenters. The van der Waals surface area contributed by atoms with Crippen LogP contribution in [-0.4, -0.2) is 35.9 Å². The fraction of sp³-hybridized carbons (Fsp3) is 0.636. The summed E-state index contributed by atoms with van der Waals surface area (Å²) in [4.78, 5) is 8.28. The fourth-order valence-electron chi connectivity index (χ4n) is 1.99. The summed E-state index contributed by atoms with van der Waals surface area (Å²) in [5, 5.41) is 3.16. The van der Waals surface area contributed by atoms with E-state index in [1.807, 2.05) is 6.07 Å². The normalized spacial score (nSPS) is 22.5. The van der Waals surface area contributed by atoms with Gasteiger partial charge in [0.25, 0.3) is 0 Å². The lowest BCUT2D eigenvalue weighted by Crippen LogP contribution is -2.21. The molecule has 6 heteroatoms. The molecule has 0 saturated carbocycles. The van der Waals surface area contributed by atoms with E-state index in [0.717, 1.165) is 24.4 Å². The Bertz CT molecular complexity index is 487. The van der Waals surface area contributed by atoms with Crippen molar-refractivity contribution in [2.75, 3.05) is 16.8 Å². The lowest BCUT2D eigenvalue weighted by Gasteiger charge is -2.11. The zero-order valence-corrected chi connectivity index (χ0v) is 10.7. The van der Waals surface area contributed by atoms with E-state index in [9.17, 15) is 8.42 Å². The second-order valence-electron chi connectivity index (χ2n) is 4.39. The molecule has 0 aromatic carbocycles. The minimum atomic E-state index is -2.84. The largest absolute Gasteiger partial charge is 0.366 e. The highest BCUT2D eigenvalue weighted by Gasteiger charge is 2.27. The zero-order valence-electron chi connectivity index (χ0n) is 9.89. The first-order chi connectivity index (χ1) is 8.09. The Balaban J connectivity index is 2.01. The number of nitrogens with one attached hydrogen (secondary N) is 1. The Hall–Kier alpha value is -1.17. The van der Waals surface area contributed by atoms with Gasteiger partial charge in [-0.05, 0) is 12.8 Å². The summed E-state index contributed by atoms with van der Waals surface area (Å²) in [6.07, 6.45) is 4.14. The number of aryl methyl sites for hydroxylation is 1. The molecule has 1 aliphatic rings. The van der Waals surface area contributed by atoms with E-state index in [4.69, 9.17) is 0 Å². The predicted molar refractivity (Wildman–Crippen MR) is 66.7 cm³/mol. The molecule has 2 rings (SSSR count). The Kier molecular flexibility index (Phi) is 3.61. The van der Waals surface area contributed by atoms with E-state index >= 15 is 0 Å². The minimum Gasteiger partial charge on any atom is -0.366 e. The summed E-state index contributed by atoms with van der Waals surface area (Å²) < 4.78 is 22.7. The molecule has 5 nitrogen and oxygen atoms in total. The van der Waals surface area contributed by atoms with Crippen LogP contribution >= 0.6 is 0 Å². The highest BCUT2D eigenvalue weighted by molar-refractivity contribution is 7.91. The minimum absolute atomic E-state index is 0.00984. The number of hydrogen-bond donors (Lipinski definition) is 1. The van der Waals surface area contributed by atoms with Gasteiger partial charge in [-0.25, -0.2) is 18.4 Å². The molecule has 0 radical (unpaired) electrons. The van der Waals surface area contributed by atoms with Crippen LogP contribution in [0.5, 0.6) is 0 Å². The number of rotatable bonds is 4. The van der Waals surface area contributed by atoms with Crippen molar-refractivity contribution < 1.29 is 8.42 Å². The van der Waals surface area contributed by atoms with Crippen LogP contribution in [0.3, 0.4) is 0 Å². The second kappa shape index (κ2) is 5.00. The third-order valence-corrected chi connectivity index (χ3v) is 4.58. The highest BCUT2D eigenvalue weighted by Crippen LogP contribution is 2.16. The van der Waals surface area contributed by atoms with E-state index in [0.29, 0.717) is 6.42 Å². The second-order valence-corrected chi connectivity index (χ2v) is 6.62. The molecule has 1 saturated heterocycles. The van der Waals surface area contributed by atoms with Crippen molar-refractivity contribution >= 4 is 15.7 Å². The van der Waals surface area contributed by atoms with Crippen LogP contribution < -0.4 is 5.32 Å². The van der Waals surface area contributed by atoms with Gasteiger partial charge in [-0.15, -0.1) is 0 Å². The van der Waals surface area contributed by atoms with E-state index < -0.39 is 9.84 Å². The number of sulfone groups is 1. The van der Waals surface area contributed by atoms with Gasteiger partial charge in [0.05, 0.1) is 11.5 Å². The van der Waals surface area contributed by atoms with Gasteiger partial charge in [0.2, 0.25) is 0 Å². The van der Waals surface area contributed by atoms with Crippen LogP contribution in [0.1, 0.15) is 25.5 Å². The number of anilines is 1. The number of nitrogens with zero attached hydrogens (tertiary/aromatic N) is 2. The van der Waals surface area contributed by atoms with E-state index in [1.54, 1.807) is 0 Å². The first-order valence-electron chi connectivity index (χ1n) is 5.87. The van der Waals surface area contributed by atoms with Gasteiger partial charge in [0.1, 0.15) is 12.1 Å². The van der Waals surface area contributed by atoms with Crippen molar-refractivity contribution in [3.63, 3.8) is 0 Å². The van der Waals surface area contributed by atoms with Gasteiger partial charge in [-0.1, -0.05) is 13.3 Å². The van der Waals surface area contributed by atoms with Crippen LogP contribution in [0.4, 0.5) is 5.82 Å². The van der Waals surface area contributed by atoms with E-state index in [-0.39, 0.29) is 17.5 Å². The molecule has 94 valence electrons. The quantitative estimate of drug-likeness (QED) is 0.870. The molecule has 1 aliphatic heterocycles. The van der Waals surface area contributed by atoms with Gasteiger partial charge < -0.3 is 5.32 Å². The molecule has 0 bridgehead atoms. The summed E-state index contributed by atoms with van der Waals surface area (Å²) in [5.74, 6) is 1.21. The summed E-state index contributed by atoms with van der Waals surface area (Å²) in [7, 11) is -2.84. The van der Waals surface area contributed by atoms with Crippen LogP contribution in [0.2, 0.25) is 0 Å². The first-order valence-corrected chi connectivity index (χ1v) is 7.69. The molecule has 0 amide bonds. The van der Waals surface area contributed by atoms with Crippen LogP contribution in [0.25, 0.3) is 0 Å². The molecule has 1 N–H and O–H groups in total. The highest BCUT2D eigenvalue weighted by atomic mass is 32.2. The molecule has 1 atom stereocenters. The van der Waals surface area contributed by atoms with Crippen molar-refractivity contribution in [2.24, 2.45) is 0 Å². The third-order valence-electron chi connectivity index (χ3n) is 2.81. The molecule has 17 heavy (non-hydrogen) atoms. The maximum atomic E-state index is 11.3. The zero-order chi connectivity index (χ0) is 12.3. The monoisotopic (exact) mass is 255 g/mol. The van der Waals surface area contributed by atoms with E-state index in [2.05, 4.69) is 22.2 Å².